The van der Waals surface area contributed by atoms with E-state index in [2.05, 4.69) is 22.9 Å². The van der Waals surface area contributed by atoms with Crippen LogP contribution in [-0.2, 0) is 17.8 Å². The molecule has 0 bridgehead atoms. The maximum absolute atomic E-state index is 11.9. The molecule has 2 aromatic rings. The van der Waals surface area contributed by atoms with E-state index in [0.29, 0.717) is 6.61 Å². The van der Waals surface area contributed by atoms with Crippen molar-refractivity contribution in [3.8, 4) is 0 Å². The number of benzene rings is 1. The highest BCUT2D eigenvalue weighted by atomic mass is 79.9. The van der Waals surface area contributed by atoms with Crippen LogP contribution < -0.4 is 0 Å². The van der Waals surface area contributed by atoms with Gasteiger partial charge in [0.15, 0.2) is 5.78 Å². The molecule has 0 amide bonds. The van der Waals surface area contributed by atoms with Gasteiger partial charge in [-0.05, 0) is 30.2 Å². The van der Waals surface area contributed by atoms with Gasteiger partial charge >= 0.3 is 0 Å². The van der Waals surface area contributed by atoms with Crippen molar-refractivity contribution in [3.63, 3.8) is 0 Å². The number of aryl methyl sites for hydroxylation is 1. The van der Waals surface area contributed by atoms with E-state index in [4.69, 9.17) is 4.74 Å². The smallest absolute Gasteiger partial charge is 0.198 e. The zero-order valence-corrected chi connectivity index (χ0v) is 13.1. The molecule has 0 atom stereocenters. The maximum atomic E-state index is 11.9. The third kappa shape index (κ3) is 4.00. The number of hydrogen-bond acceptors (Lipinski definition) is 3. The Bertz CT molecular complexity index is 563. The van der Waals surface area contributed by atoms with Crippen molar-refractivity contribution in [3.05, 3.63) is 56.2 Å². The molecule has 0 N–H and O–H groups in total. The Morgan fingerprint density at radius 2 is 2.05 bits per heavy atom. The Morgan fingerprint density at radius 3 is 2.74 bits per heavy atom. The molecule has 0 aliphatic heterocycles. The molecule has 0 spiro atoms. The van der Waals surface area contributed by atoms with E-state index in [-0.39, 0.29) is 12.4 Å². The van der Waals surface area contributed by atoms with Crippen molar-refractivity contribution in [2.75, 3.05) is 6.61 Å². The molecule has 1 aromatic carbocycles. The minimum absolute atomic E-state index is 0.0525. The average Bonchev–Trinajstić information content (AvgIpc) is 2.90. The summed E-state index contributed by atoms with van der Waals surface area (Å²) in [6.45, 7) is 2.66. The number of Topliss-reactive ketones (excluding diaryl/α,β-unsaturated/α-hetero) is 1. The fraction of sp³-hybridized carbons (Fsp3) is 0.267. The molecular formula is C15H15BrO2S. The third-order valence-electron chi connectivity index (χ3n) is 2.73. The Hall–Kier alpha value is -0.970. The molecule has 0 unspecified atom stereocenters. The van der Waals surface area contributed by atoms with Gasteiger partial charge in [0.25, 0.3) is 0 Å². The molecule has 0 fully saturated rings. The molecule has 100 valence electrons. The summed E-state index contributed by atoms with van der Waals surface area (Å²) in [7, 11) is 0. The minimum Gasteiger partial charge on any atom is -0.369 e. The first kappa shape index (κ1) is 14.4. The van der Waals surface area contributed by atoms with E-state index in [0.717, 1.165) is 21.3 Å². The number of ether oxygens (including phenoxy) is 1. The van der Waals surface area contributed by atoms with Crippen LogP contribution in [0.25, 0.3) is 0 Å². The van der Waals surface area contributed by atoms with Gasteiger partial charge in [-0.1, -0.05) is 41.1 Å². The predicted molar refractivity (Wildman–Crippen MR) is 81.8 cm³/mol. The lowest BCUT2D eigenvalue weighted by Crippen LogP contribution is -2.07. The Kier molecular flexibility index (Phi) is 5.31. The quantitative estimate of drug-likeness (QED) is 0.726. The monoisotopic (exact) mass is 338 g/mol. The molecular weight excluding hydrogens is 324 g/mol. The molecule has 2 nitrogen and oxygen atoms in total. The van der Waals surface area contributed by atoms with Crippen LogP contribution in [0.2, 0.25) is 0 Å². The highest BCUT2D eigenvalue weighted by molar-refractivity contribution is 9.10. The molecule has 0 saturated carbocycles. The van der Waals surface area contributed by atoms with Gasteiger partial charge in [-0.25, -0.2) is 0 Å². The normalized spacial score (nSPS) is 10.6. The van der Waals surface area contributed by atoms with Crippen molar-refractivity contribution < 1.29 is 9.53 Å². The van der Waals surface area contributed by atoms with Crippen LogP contribution in [0.4, 0.5) is 0 Å². The number of halogens is 1. The lowest BCUT2D eigenvalue weighted by atomic mass is 10.2. The van der Waals surface area contributed by atoms with E-state index >= 15 is 0 Å². The van der Waals surface area contributed by atoms with E-state index < -0.39 is 0 Å². The van der Waals surface area contributed by atoms with Gasteiger partial charge in [0.2, 0.25) is 0 Å². The second-order valence-electron chi connectivity index (χ2n) is 4.13. The predicted octanol–water partition coefficient (Wildman–Crippen LogP) is 4.47. The van der Waals surface area contributed by atoms with Gasteiger partial charge in [-0.15, -0.1) is 11.3 Å². The molecule has 1 heterocycles. The van der Waals surface area contributed by atoms with Gasteiger partial charge < -0.3 is 4.74 Å². The van der Waals surface area contributed by atoms with Crippen molar-refractivity contribution >= 4 is 33.0 Å². The lowest BCUT2D eigenvalue weighted by Gasteiger charge is -2.04. The standard InChI is InChI=1S/C15H15BrO2S/c1-2-12-7-8-15(19-12)14(17)10-18-9-11-5-3-4-6-13(11)16/h3-8H,2,9-10H2,1H3. The van der Waals surface area contributed by atoms with Crippen LogP contribution >= 0.6 is 27.3 Å². The summed E-state index contributed by atoms with van der Waals surface area (Å²) < 4.78 is 6.49. The van der Waals surface area contributed by atoms with Crippen LogP contribution in [0.15, 0.2) is 40.9 Å². The summed E-state index contributed by atoms with van der Waals surface area (Å²) >= 11 is 5.01. The van der Waals surface area contributed by atoms with Gasteiger partial charge in [0.05, 0.1) is 11.5 Å². The van der Waals surface area contributed by atoms with Crippen LogP contribution in [0, 0.1) is 0 Å². The summed E-state index contributed by atoms with van der Waals surface area (Å²) in [5, 5.41) is 0. The molecule has 0 radical (unpaired) electrons. The average molecular weight is 339 g/mol. The molecule has 4 heteroatoms. The second-order valence-corrected chi connectivity index (χ2v) is 6.15. The topological polar surface area (TPSA) is 26.3 Å². The first-order valence-electron chi connectivity index (χ1n) is 6.13. The highest BCUT2D eigenvalue weighted by Gasteiger charge is 2.09. The lowest BCUT2D eigenvalue weighted by molar-refractivity contribution is 0.0729. The summed E-state index contributed by atoms with van der Waals surface area (Å²) in [6.07, 6.45) is 0.968. The van der Waals surface area contributed by atoms with E-state index in [1.54, 1.807) is 11.3 Å². The number of rotatable bonds is 6. The fourth-order valence-corrected chi connectivity index (χ4v) is 2.93. The van der Waals surface area contributed by atoms with Crippen LogP contribution in [-0.4, -0.2) is 12.4 Å². The summed E-state index contributed by atoms with van der Waals surface area (Å²) in [6, 6.07) is 11.7. The summed E-state index contributed by atoms with van der Waals surface area (Å²) in [5.74, 6) is 0.0525. The molecule has 1 aromatic heterocycles. The summed E-state index contributed by atoms with van der Waals surface area (Å²) in [4.78, 5) is 13.9. The van der Waals surface area contributed by atoms with Crippen molar-refractivity contribution in [1.29, 1.82) is 0 Å². The second kappa shape index (κ2) is 6.98. The minimum atomic E-state index is 0.0525. The zero-order chi connectivity index (χ0) is 13.7. The molecule has 0 saturated heterocycles. The Labute approximate surface area is 125 Å². The van der Waals surface area contributed by atoms with Gasteiger partial charge in [-0.3, -0.25) is 4.79 Å². The Morgan fingerprint density at radius 1 is 1.26 bits per heavy atom. The molecule has 0 aliphatic rings. The van der Waals surface area contributed by atoms with Crippen LogP contribution in [0.3, 0.4) is 0 Å². The number of thiophene rings is 1. The molecule has 2 rings (SSSR count). The largest absolute Gasteiger partial charge is 0.369 e. The fourth-order valence-electron chi connectivity index (χ4n) is 1.66. The number of hydrogen-bond donors (Lipinski definition) is 0. The SMILES string of the molecule is CCc1ccc(C(=O)COCc2ccccc2Br)s1. The molecule has 0 aliphatic carbocycles. The maximum Gasteiger partial charge on any atom is 0.198 e. The Balaban J connectivity index is 1.86. The van der Waals surface area contributed by atoms with E-state index in [9.17, 15) is 4.79 Å². The number of ketones is 1. The van der Waals surface area contributed by atoms with Crippen LogP contribution in [0.5, 0.6) is 0 Å². The highest BCUT2D eigenvalue weighted by Crippen LogP contribution is 2.19. The van der Waals surface area contributed by atoms with Gasteiger partial charge in [-0.2, -0.15) is 0 Å². The van der Waals surface area contributed by atoms with Gasteiger partial charge in [0.1, 0.15) is 6.61 Å². The number of carbonyl (C=O) groups excluding carboxylic acids is 1. The number of carbonyl (C=O) groups is 1. The van der Waals surface area contributed by atoms with Crippen molar-refractivity contribution in [2.24, 2.45) is 0 Å². The molecule has 19 heavy (non-hydrogen) atoms. The summed E-state index contributed by atoms with van der Waals surface area (Å²) in [5.41, 5.74) is 1.05. The van der Waals surface area contributed by atoms with E-state index in [1.807, 2.05) is 36.4 Å². The van der Waals surface area contributed by atoms with Crippen molar-refractivity contribution in [2.45, 2.75) is 20.0 Å². The van der Waals surface area contributed by atoms with Gasteiger partial charge in [0, 0.05) is 9.35 Å². The third-order valence-corrected chi connectivity index (χ3v) is 4.78. The first-order valence-corrected chi connectivity index (χ1v) is 7.74. The zero-order valence-electron chi connectivity index (χ0n) is 10.7. The van der Waals surface area contributed by atoms with E-state index in [1.165, 1.54) is 4.88 Å². The first-order chi connectivity index (χ1) is 9.20. The van der Waals surface area contributed by atoms with Crippen molar-refractivity contribution in [1.82, 2.24) is 0 Å². The van der Waals surface area contributed by atoms with Crippen LogP contribution in [0.1, 0.15) is 27.0 Å².